The number of carbonyl (C=O) groups is 2. The minimum absolute atomic E-state index is 0.0359. The number of Topliss-reactive ketones (excluding diaryl/α,β-unsaturated/α-hetero) is 1. The molecular weight excluding hydrogens is 334 g/mol. The molecule has 0 bridgehead atoms. The van der Waals surface area contributed by atoms with Crippen LogP contribution in [0.1, 0.15) is 31.8 Å². The quantitative estimate of drug-likeness (QED) is 0.329. The Morgan fingerprint density at radius 2 is 2.00 bits per heavy atom. The lowest BCUT2D eigenvalue weighted by Gasteiger charge is -2.07. The molecule has 0 aliphatic rings. The number of nitrogens with zero attached hydrogens (tertiary/aromatic N) is 1. The van der Waals surface area contributed by atoms with Gasteiger partial charge in [0.25, 0.3) is 0 Å². The Balaban J connectivity index is 2.15. The van der Waals surface area contributed by atoms with Gasteiger partial charge in [0.2, 0.25) is 5.78 Å². The molecule has 126 valence electrons. The first-order valence-corrected chi connectivity index (χ1v) is 7.89. The third kappa shape index (κ3) is 3.96. The van der Waals surface area contributed by atoms with Crippen LogP contribution < -0.4 is 4.74 Å². The molecule has 2 rings (SSSR count). The Morgan fingerprint density at radius 3 is 2.58 bits per heavy atom. The summed E-state index contributed by atoms with van der Waals surface area (Å²) < 4.78 is 9.81. The van der Waals surface area contributed by atoms with Crippen molar-refractivity contribution in [3.05, 3.63) is 55.8 Å². The molecule has 24 heavy (non-hydrogen) atoms. The number of hydrogen-bond donors (Lipinski definition) is 0. The van der Waals surface area contributed by atoms with E-state index in [0.717, 1.165) is 17.4 Å². The van der Waals surface area contributed by atoms with Gasteiger partial charge in [0.05, 0.1) is 22.5 Å². The van der Waals surface area contributed by atoms with Crippen molar-refractivity contribution in [2.24, 2.45) is 0 Å². The van der Waals surface area contributed by atoms with Gasteiger partial charge in [-0.25, -0.2) is 4.79 Å². The third-order valence-corrected chi connectivity index (χ3v) is 4.49. The molecule has 1 aromatic heterocycles. The molecule has 0 aliphatic carbocycles. The summed E-state index contributed by atoms with van der Waals surface area (Å²) in [5.41, 5.74) is -0.361. The molecule has 7 nitrogen and oxygen atoms in total. The summed E-state index contributed by atoms with van der Waals surface area (Å²) in [6.45, 7) is 1.67. The van der Waals surface area contributed by atoms with E-state index in [1.165, 1.54) is 30.6 Å². The minimum Gasteiger partial charge on any atom is -0.478 e. The lowest BCUT2D eigenvalue weighted by molar-refractivity contribution is -0.385. The van der Waals surface area contributed by atoms with Crippen molar-refractivity contribution in [3.63, 3.8) is 0 Å². The van der Waals surface area contributed by atoms with Crippen molar-refractivity contribution in [2.45, 2.75) is 13.3 Å². The SMILES string of the molecule is CCc1ccc(C(=O)COc2ccc(C(=O)OC)cc2[N+](=O)[O-])s1. The predicted molar refractivity (Wildman–Crippen MR) is 88.0 cm³/mol. The van der Waals surface area contributed by atoms with Crippen molar-refractivity contribution < 1.29 is 24.0 Å². The van der Waals surface area contributed by atoms with Crippen LogP contribution in [-0.4, -0.2) is 30.4 Å². The maximum absolute atomic E-state index is 12.1. The Hall–Kier alpha value is -2.74. The van der Waals surface area contributed by atoms with E-state index in [-0.39, 0.29) is 23.7 Å². The van der Waals surface area contributed by atoms with Gasteiger partial charge in [-0.05, 0) is 30.7 Å². The molecule has 0 saturated heterocycles. The van der Waals surface area contributed by atoms with E-state index >= 15 is 0 Å². The topological polar surface area (TPSA) is 95.7 Å². The van der Waals surface area contributed by atoms with Crippen molar-refractivity contribution in [3.8, 4) is 5.75 Å². The summed E-state index contributed by atoms with van der Waals surface area (Å²) in [5, 5.41) is 11.1. The van der Waals surface area contributed by atoms with Gasteiger partial charge < -0.3 is 9.47 Å². The molecule has 8 heteroatoms. The molecule has 0 saturated carbocycles. The van der Waals surface area contributed by atoms with E-state index in [2.05, 4.69) is 4.74 Å². The van der Waals surface area contributed by atoms with Crippen LogP contribution in [0, 0.1) is 10.1 Å². The second-order valence-electron chi connectivity index (χ2n) is 4.76. The molecule has 0 spiro atoms. The first-order valence-electron chi connectivity index (χ1n) is 7.07. The standard InChI is InChI=1S/C16H15NO6S/c1-3-11-5-7-15(24-11)13(18)9-23-14-6-4-10(16(19)22-2)8-12(14)17(20)21/h4-8H,3,9H2,1-2H3. The second kappa shape index (κ2) is 7.69. The fourth-order valence-corrected chi connectivity index (χ4v) is 2.83. The number of rotatable bonds is 7. The zero-order valence-corrected chi connectivity index (χ0v) is 13.9. The van der Waals surface area contributed by atoms with Gasteiger partial charge in [-0.3, -0.25) is 14.9 Å². The lowest BCUT2D eigenvalue weighted by Crippen LogP contribution is -2.11. The number of nitro groups is 1. The van der Waals surface area contributed by atoms with Crippen LogP contribution in [0.4, 0.5) is 5.69 Å². The first kappa shape index (κ1) is 17.6. The van der Waals surface area contributed by atoms with E-state index in [1.54, 1.807) is 6.07 Å². The lowest BCUT2D eigenvalue weighted by atomic mass is 10.2. The van der Waals surface area contributed by atoms with E-state index in [4.69, 9.17) is 4.74 Å². The number of nitro benzene ring substituents is 1. The summed E-state index contributed by atoms with van der Waals surface area (Å²) in [7, 11) is 1.18. The molecule has 0 fully saturated rings. The molecule has 0 unspecified atom stereocenters. The number of carbonyl (C=O) groups excluding carboxylic acids is 2. The van der Waals surface area contributed by atoms with Gasteiger partial charge in [0, 0.05) is 10.9 Å². The summed E-state index contributed by atoms with van der Waals surface area (Å²) in [4.78, 5) is 35.6. The number of benzene rings is 1. The molecule has 0 aliphatic heterocycles. The molecule has 1 heterocycles. The summed E-state index contributed by atoms with van der Waals surface area (Å²) in [5.74, 6) is -1.02. The fourth-order valence-electron chi connectivity index (χ4n) is 1.96. The fraction of sp³-hybridized carbons (Fsp3) is 0.250. The van der Waals surface area contributed by atoms with E-state index in [1.807, 2.05) is 13.0 Å². The molecular formula is C16H15NO6S. The largest absolute Gasteiger partial charge is 0.478 e. The maximum atomic E-state index is 12.1. The van der Waals surface area contributed by atoms with Crippen LogP contribution in [0.2, 0.25) is 0 Å². The normalized spacial score (nSPS) is 10.2. The number of methoxy groups -OCH3 is 1. The van der Waals surface area contributed by atoms with Crippen LogP contribution in [0.15, 0.2) is 30.3 Å². The van der Waals surface area contributed by atoms with Gasteiger partial charge in [-0.2, -0.15) is 0 Å². The van der Waals surface area contributed by atoms with Crippen molar-refractivity contribution in [2.75, 3.05) is 13.7 Å². The highest BCUT2D eigenvalue weighted by Gasteiger charge is 2.20. The molecule has 2 aromatic rings. The van der Waals surface area contributed by atoms with Gasteiger partial charge >= 0.3 is 11.7 Å². The van der Waals surface area contributed by atoms with Crippen molar-refractivity contribution in [1.82, 2.24) is 0 Å². The third-order valence-electron chi connectivity index (χ3n) is 3.22. The Labute approximate surface area is 142 Å². The second-order valence-corrected chi connectivity index (χ2v) is 5.93. The minimum atomic E-state index is -0.689. The highest BCUT2D eigenvalue weighted by atomic mass is 32.1. The van der Waals surface area contributed by atoms with E-state index in [9.17, 15) is 19.7 Å². The Morgan fingerprint density at radius 1 is 1.25 bits per heavy atom. The summed E-state index contributed by atoms with van der Waals surface area (Å²) in [6.07, 6.45) is 0.833. The average Bonchev–Trinajstić information content (AvgIpc) is 3.08. The van der Waals surface area contributed by atoms with Crippen LogP contribution >= 0.6 is 11.3 Å². The van der Waals surface area contributed by atoms with Gasteiger partial charge in [-0.1, -0.05) is 6.92 Å². The molecule has 0 atom stereocenters. The summed E-state index contributed by atoms with van der Waals surface area (Å²) >= 11 is 1.37. The predicted octanol–water partition coefficient (Wildman–Crippen LogP) is 3.27. The number of thiophene rings is 1. The number of aryl methyl sites for hydroxylation is 1. The first-order chi connectivity index (χ1) is 11.5. The zero-order chi connectivity index (χ0) is 17.7. The summed E-state index contributed by atoms with van der Waals surface area (Å²) in [6, 6.07) is 7.27. The highest BCUT2D eigenvalue weighted by Crippen LogP contribution is 2.28. The van der Waals surface area contributed by atoms with Crippen molar-refractivity contribution >= 4 is 28.8 Å². The maximum Gasteiger partial charge on any atom is 0.338 e. The van der Waals surface area contributed by atoms with Gasteiger partial charge in [0.15, 0.2) is 12.4 Å². The molecule has 0 N–H and O–H groups in total. The van der Waals surface area contributed by atoms with Crippen LogP contribution in [-0.2, 0) is 11.2 Å². The Bertz CT molecular complexity index is 783. The monoisotopic (exact) mass is 349 g/mol. The highest BCUT2D eigenvalue weighted by molar-refractivity contribution is 7.14. The Kier molecular flexibility index (Phi) is 5.64. The van der Waals surface area contributed by atoms with E-state index < -0.39 is 16.6 Å². The smallest absolute Gasteiger partial charge is 0.338 e. The van der Waals surface area contributed by atoms with E-state index in [0.29, 0.717) is 4.88 Å². The number of esters is 1. The number of ether oxygens (including phenoxy) is 2. The van der Waals surface area contributed by atoms with Crippen LogP contribution in [0.3, 0.4) is 0 Å². The number of ketones is 1. The van der Waals surface area contributed by atoms with Crippen LogP contribution in [0.25, 0.3) is 0 Å². The molecule has 1 aromatic carbocycles. The average molecular weight is 349 g/mol. The zero-order valence-electron chi connectivity index (χ0n) is 13.1. The van der Waals surface area contributed by atoms with Crippen LogP contribution in [0.5, 0.6) is 5.75 Å². The number of hydrogen-bond acceptors (Lipinski definition) is 7. The molecule has 0 amide bonds. The molecule has 0 radical (unpaired) electrons. The van der Waals surface area contributed by atoms with Crippen molar-refractivity contribution in [1.29, 1.82) is 0 Å². The van der Waals surface area contributed by atoms with Gasteiger partial charge in [0.1, 0.15) is 0 Å². The van der Waals surface area contributed by atoms with Gasteiger partial charge in [-0.15, -0.1) is 11.3 Å².